The summed E-state index contributed by atoms with van der Waals surface area (Å²) >= 11 is 0. The normalized spacial score (nSPS) is 18.7. The van der Waals surface area contributed by atoms with Crippen molar-refractivity contribution in [1.82, 2.24) is 13.7 Å². The summed E-state index contributed by atoms with van der Waals surface area (Å²) in [5.41, 5.74) is -2.53. The van der Waals surface area contributed by atoms with E-state index < -0.39 is 144 Å². The van der Waals surface area contributed by atoms with E-state index in [1.54, 1.807) is 0 Å². The number of benzene rings is 7. The Morgan fingerprint density at radius 1 is 0.413 bits per heavy atom. The largest absolute Gasteiger partial charge is 0.309 e. The maximum Gasteiger partial charge on any atom is 0.0702 e. The molecule has 0 spiro atoms. The zero-order valence-corrected chi connectivity index (χ0v) is 23.7. The van der Waals surface area contributed by atoms with Gasteiger partial charge in [-0.25, -0.2) is 0 Å². The lowest BCUT2D eigenvalue weighted by molar-refractivity contribution is 1.09. The number of aromatic nitrogens is 3. The smallest absolute Gasteiger partial charge is 0.0702 e. The molecule has 0 saturated carbocycles. The van der Waals surface area contributed by atoms with Crippen molar-refractivity contribution < 1.29 is 30.2 Å². The van der Waals surface area contributed by atoms with Gasteiger partial charge in [-0.05, 0) is 73.0 Å². The van der Waals surface area contributed by atoms with Gasteiger partial charge in [0.15, 0.2) is 0 Å². The van der Waals surface area contributed by atoms with Gasteiger partial charge in [-0.2, -0.15) is 0 Å². The molecule has 0 aliphatic heterocycles. The van der Waals surface area contributed by atoms with E-state index in [4.69, 9.17) is 20.6 Å². The Morgan fingerprint density at radius 2 is 0.870 bits per heavy atom. The molecule has 10 aromatic rings. The molecule has 3 nitrogen and oxygen atoms in total. The third-order valence-corrected chi connectivity index (χ3v) is 8.17. The first kappa shape index (κ1) is 12.0. The van der Waals surface area contributed by atoms with Crippen LogP contribution in [0.15, 0.2) is 157 Å². The van der Waals surface area contributed by atoms with Gasteiger partial charge in [0, 0.05) is 38.0 Å². The molecule has 0 fully saturated rings. The van der Waals surface area contributed by atoms with Crippen LogP contribution in [-0.4, -0.2) is 13.7 Å². The lowest BCUT2D eigenvalue weighted by Crippen LogP contribution is -2.03. The zero-order chi connectivity index (χ0) is 49.5. The molecule has 0 aliphatic rings. The highest BCUT2D eigenvalue weighted by Crippen LogP contribution is 2.40. The Bertz CT molecular complexity index is 3920. The molecule has 0 amide bonds. The Kier molecular flexibility index (Phi) is 2.48. The van der Waals surface area contributed by atoms with Crippen LogP contribution >= 0.6 is 0 Å². The van der Waals surface area contributed by atoms with Crippen molar-refractivity contribution in [3.8, 4) is 17.1 Å². The number of hydrogen-bond donors (Lipinski definition) is 0. The molecule has 3 aromatic heterocycles. The molecule has 0 bridgehead atoms. The van der Waals surface area contributed by atoms with Crippen molar-refractivity contribution in [2.24, 2.45) is 0 Å². The Labute approximate surface area is 296 Å². The second-order valence-corrected chi connectivity index (χ2v) is 10.6. The first-order valence-corrected chi connectivity index (χ1v) is 14.1. The number of fused-ring (bicyclic) bond motifs is 9. The van der Waals surface area contributed by atoms with Gasteiger partial charge in [-0.3, -0.25) is 0 Å². The summed E-state index contributed by atoms with van der Waals surface area (Å²) in [5.74, 6) is 0. The van der Waals surface area contributed by atoms with Gasteiger partial charge in [-0.15, -0.1) is 0 Å². The number of para-hydroxylation sites is 6. The number of hydrogen-bond acceptors (Lipinski definition) is 0. The fraction of sp³-hybridized carbons (Fsp3) is 0.0233. The molecule has 0 unspecified atom stereocenters. The van der Waals surface area contributed by atoms with E-state index in [-0.39, 0.29) is 77.4 Å². The van der Waals surface area contributed by atoms with Crippen molar-refractivity contribution in [2.75, 3.05) is 0 Å². The quantitative estimate of drug-likeness (QED) is 0.189. The molecule has 3 heterocycles. The standard InChI is InChI=1S/C43H29N3/c1-28-13-12-24-42-43(28)33-17-5-9-21-38(33)46(42)41-23-11-10-22-40(41)45-37-20-8-4-16-32(37)34-27-29(25-26-39(34)45)44-35-18-6-2-14-30(35)31-15-3-7-19-36(31)44/h2-27H,1H3/i2D,3D,4D,5D,6D,7D,8D,9D,12D,13D,14D,15D,16D,17D,18D,19D,20D,21D,24D,25D,26D,27D. The third-order valence-electron chi connectivity index (χ3n) is 8.17. The van der Waals surface area contributed by atoms with Crippen molar-refractivity contribution in [2.45, 2.75) is 6.92 Å². The molecule has 0 atom stereocenters. The lowest BCUT2D eigenvalue weighted by atomic mass is 10.1. The van der Waals surface area contributed by atoms with Crippen LogP contribution in [0.3, 0.4) is 0 Å². The molecule has 0 saturated heterocycles. The van der Waals surface area contributed by atoms with Gasteiger partial charge in [-0.1, -0.05) is 96.7 Å². The van der Waals surface area contributed by atoms with E-state index in [1.165, 1.54) is 40.3 Å². The van der Waals surface area contributed by atoms with E-state index in [0.717, 1.165) is 4.57 Å². The topological polar surface area (TPSA) is 14.8 Å². The second-order valence-electron chi connectivity index (χ2n) is 10.6. The van der Waals surface area contributed by atoms with Crippen LogP contribution in [0.2, 0.25) is 0 Å². The summed E-state index contributed by atoms with van der Waals surface area (Å²) in [6.45, 7) is 1.48. The molecular formula is C43H29N3. The monoisotopic (exact) mass is 609 g/mol. The Balaban J connectivity index is 1.47. The first-order chi connectivity index (χ1) is 31.9. The minimum Gasteiger partial charge on any atom is -0.309 e. The van der Waals surface area contributed by atoms with Crippen LogP contribution in [0.4, 0.5) is 0 Å². The highest BCUT2D eigenvalue weighted by molar-refractivity contribution is 6.13. The summed E-state index contributed by atoms with van der Waals surface area (Å²) in [6.07, 6.45) is 0. The van der Waals surface area contributed by atoms with Gasteiger partial charge in [0.05, 0.1) is 74.6 Å². The Morgan fingerprint density at radius 3 is 1.50 bits per heavy atom. The minimum atomic E-state index is -0.838. The van der Waals surface area contributed by atoms with Crippen LogP contribution in [0.1, 0.15) is 35.7 Å². The van der Waals surface area contributed by atoms with E-state index in [0.29, 0.717) is 0 Å². The van der Waals surface area contributed by atoms with Crippen molar-refractivity contribution in [3.05, 3.63) is 163 Å². The molecule has 0 N–H and O–H groups in total. The van der Waals surface area contributed by atoms with Gasteiger partial charge >= 0.3 is 0 Å². The fourth-order valence-corrected chi connectivity index (χ4v) is 6.31. The zero-order valence-electron chi connectivity index (χ0n) is 45.7. The summed E-state index contributed by atoms with van der Waals surface area (Å²) in [4.78, 5) is 0. The van der Waals surface area contributed by atoms with Crippen LogP contribution in [0.5, 0.6) is 0 Å². The van der Waals surface area contributed by atoms with Crippen LogP contribution in [0, 0.1) is 6.92 Å². The van der Waals surface area contributed by atoms with Gasteiger partial charge in [0.2, 0.25) is 0 Å². The van der Waals surface area contributed by atoms with E-state index in [2.05, 4.69) is 0 Å². The third kappa shape index (κ3) is 3.37. The maximum atomic E-state index is 9.97. The van der Waals surface area contributed by atoms with Crippen LogP contribution in [-0.2, 0) is 0 Å². The summed E-state index contributed by atoms with van der Waals surface area (Å²) < 4.78 is 201. The molecular weight excluding hydrogens is 558 g/mol. The van der Waals surface area contributed by atoms with Gasteiger partial charge in [0.25, 0.3) is 0 Å². The summed E-state index contributed by atoms with van der Waals surface area (Å²) in [5, 5.41) is -1.51. The summed E-state index contributed by atoms with van der Waals surface area (Å²) in [6, 6.07) is -9.04. The van der Waals surface area contributed by atoms with Gasteiger partial charge in [0.1, 0.15) is 0 Å². The molecule has 46 heavy (non-hydrogen) atoms. The van der Waals surface area contributed by atoms with Crippen molar-refractivity contribution in [3.63, 3.8) is 0 Å². The number of aryl methyl sites for hydroxylation is 1. The molecule has 3 heteroatoms. The average Bonchev–Trinajstić information content (AvgIpc) is 3.99. The Hall–Kier alpha value is -6.06. The molecule has 0 aliphatic carbocycles. The first-order valence-electron chi connectivity index (χ1n) is 25.1. The maximum absolute atomic E-state index is 9.97. The molecule has 7 aromatic carbocycles. The minimum absolute atomic E-state index is 0.0234. The molecule has 0 radical (unpaired) electrons. The SMILES string of the molecule is [2H]c1c([2H])c([2H])c2c(c1[2H])c1c([2H])c(-n3c4c([2H])c([2H])c([2H])c([2H])c4c4c([2H])c([2H])c([2H])c([2H])c43)c([2H])c([2H])c1n2-c1ccccc1-n1c2c([2H])c([2H])c([2H])c([2H])c2c2c(C)c([2H])c([2H])c([2H])c21. The highest BCUT2D eigenvalue weighted by Gasteiger charge is 2.20. The van der Waals surface area contributed by atoms with Crippen LogP contribution in [0.25, 0.3) is 82.5 Å². The second kappa shape index (κ2) is 9.47. The van der Waals surface area contributed by atoms with E-state index >= 15 is 0 Å². The molecule has 10 rings (SSSR count). The predicted octanol–water partition coefficient (Wildman–Crippen LogP) is 11.3. The summed E-state index contributed by atoms with van der Waals surface area (Å²) in [7, 11) is 0. The van der Waals surface area contributed by atoms with Crippen LogP contribution < -0.4 is 0 Å². The number of nitrogens with zero attached hydrogens (tertiary/aromatic N) is 3. The van der Waals surface area contributed by atoms with Gasteiger partial charge < -0.3 is 13.7 Å². The predicted molar refractivity (Wildman–Crippen MR) is 194 cm³/mol. The van der Waals surface area contributed by atoms with Crippen molar-refractivity contribution >= 4 is 65.4 Å². The van der Waals surface area contributed by atoms with Crippen molar-refractivity contribution in [1.29, 1.82) is 0 Å². The highest BCUT2D eigenvalue weighted by atomic mass is 15.1. The average molecular weight is 610 g/mol. The van der Waals surface area contributed by atoms with E-state index in [1.807, 2.05) is 0 Å². The fourth-order valence-electron chi connectivity index (χ4n) is 6.31. The lowest BCUT2D eigenvalue weighted by Gasteiger charge is -2.17. The van der Waals surface area contributed by atoms with E-state index in [9.17, 15) is 9.60 Å². The molecule has 216 valence electrons. The number of rotatable bonds is 3.